The van der Waals surface area contributed by atoms with E-state index in [1.54, 1.807) is 4.48 Å². The molecule has 4 heterocycles. The third-order valence-corrected chi connectivity index (χ3v) is 10.6. The number of nitrogens with one attached hydrogen (secondary N) is 1. The second kappa shape index (κ2) is 10.5. The molecule has 0 aliphatic carbocycles. The Kier molecular flexibility index (Phi) is 6.10. The zero-order valence-corrected chi connectivity index (χ0v) is 25.2. The van der Waals surface area contributed by atoms with Gasteiger partial charge in [-0.2, -0.15) is 0 Å². The second-order valence-corrected chi connectivity index (χ2v) is 13.4. The molecule has 8 nitrogen and oxygen atoms in total. The number of rotatable bonds is 5. The Morgan fingerprint density at radius 2 is 0.978 bits per heavy atom. The molecule has 1 aliphatic heterocycles. The van der Waals surface area contributed by atoms with E-state index in [0.29, 0.717) is 44.8 Å². The highest BCUT2D eigenvalue weighted by Crippen LogP contribution is 2.44. The van der Waals surface area contributed by atoms with Crippen molar-refractivity contribution in [1.82, 2.24) is 29.4 Å². The molecule has 6 bridgehead atoms. The zero-order chi connectivity index (χ0) is 30.7. The molecular formula is C36H23BN6O2P. The molecule has 1 aliphatic rings. The van der Waals surface area contributed by atoms with Gasteiger partial charge >= 0.3 is 7.62 Å². The molecule has 0 fully saturated rings. The average Bonchev–Trinajstić information content (AvgIpc) is 3.74. The predicted octanol–water partition coefficient (Wildman–Crippen LogP) is 7.11. The highest BCUT2D eigenvalue weighted by Gasteiger charge is 2.30. The monoisotopic (exact) mass is 613 g/mol. The van der Waals surface area contributed by atoms with Gasteiger partial charge in [0.1, 0.15) is 22.6 Å². The van der Waals surface area contributed by atoms with Crippen LogP contribution in [0.4, 0.5) is 0 Å². The van der Waals surface area contributed by atoms with Gasteiger partial charge in [0.15, 0.2) is 11.6 Å². The highest BCUT2D eigenvalue weighted by atomic mass is 31.2. The normalized spacial score (nSPS) is 12.1. The van der Waals surface area contributed by atoms with Crippen molar-refractivity contribution in [3.05, 3.63) is 133 Å². The van der Waals surface area contributed by atoms with Gasteiger partial charge in [-0.05, 0) is 24.3 Å². The molecule has 1 radical (unpaired) electrons. The van der Waals surface area contributed by atoms with Crippen LogP contribution < -0.4 is 10.6 Å². The van der Waals surface area contributed by atoms with E-state index in [0.717, 1.165) is 32.7 Å². The van der Waals surface area contributed by atoms with Crippen LogP contribution in [0.3, 0.4) is 0 Å². The molecule has 9 rings (SSSR count). The molecule has 10 heteroatoms. The van der Waals surface area contributed by atoms with Crippen molar-refractivity contribution in [1.29, 1.82) is 0 Å². The molecule has 8 aromatic rings. The molecule has 0 atom stereocenters. The van der Waals surface area contributed by atoms with Gasteiger partial charge < -0.3 is 13.9 Å². The van der Waals surface area contributed by atoms with Crippen molar-refractivity contribution < 1.29 is 9.01 Å². The predicted molar refractivity (Wildman–Crippen MR) is 184 cm³/mol. The van der Waals surface area contributed by atoms with Crippen LogP contribution in [-0.2, 0) is 9.01 Å². The smallest absolute Gasteiger partial charge is 0.361 e. The lowest BCUT2D eigenvalue weighted by atomic mass is 10.1. The summed E-state index contributed by atoms with van der Waals surface area (Å²) in [5.74, 6) is 1.08. The van der Waals surface area contributed by atoms with Crippen molar-refractivity contribution in [2.45, 2.75) is 0 Å². The highest BCUT2D eigenvalue weighted by molar-refractivity contribution is 7.75. The Morgan fingerprint density at radius 1 is 0.522 bits per heavy atom. The van der Waals surface area contributed by atoms with Crippen molar-refractivity contribution in [2.75, 3.05) is 0 Å². The van der Waals surface area contributed by atoms with E-state index >= 15 is 0 Å². The summed E-state index contributed by atoms with van der Waals surface area (Å²) in [4.78, 5) is 23.7. The molecular weight excluding hydrogens is 590 g/mol. The summed E-state index contributed by atoms with van der Waals surface area (Å²) in [5.41, 5.74) is 4.16. The number of benzene rings is 5. The maximum atomic E-state index is 14.9. The minimum atomic E-state index is -3.59. The Bertz CT molecular complexity index is 2540. The first-order valence-electron chi connectivity index (χ1n) is 14.8. The molecule has 0 amide bonds. The minimum Gasteiger partial charge on any atom is -0.361 e. The summed E-state index contributed by atoms with van der Waals surface area (Å²) in [7, 11) is -2.10. The molecule has 0 unspecified atom stereocenters. The van der Waals surface area contributed by atoms with E-state index in [9.17, 15) is 4.57 Å². The second-order valence-electron chi connectivity index (χ2n) is 11.0. The summed E-state index contributed by atoms with van der Waals surface area (Å²) >= 11 is 0. The van der Waals surface area contributed by atoms with Crippen LogP contribution in [0.1, 0.15) is 0 Å². The van der Waals surface area contributed by atoms with Crippen molar-refractivity contribution in [2.24, 2.45) is 0 Å². The molecule has 0 saturated carbocycles. The van der Waals surface area contributed by atoms with E-state index in [4.69, 9.17) is 24.4 Å². The van der Waals surface area contributed by atoms with Gasteiger partial charge in [0.05, 0.1) is 0 Å². The summed E-state index contributed by atoms with van der Waals surface area (Å²) in [6.45, 7) is 0. The molecule has 0 saturated heterocycles. The first-order chi connectivity index (χ1) is 22.7. The first kappa shape index (κ1) is 26.7. The van der Waals surface area contributed by atoms with Gasteiger partial charge in [0, 0.05) is 43.3 Å². The molecule has 3 aromatic heterocycles. The lowest BCUT2D eigenvalue weighted by molar-refractivity contribution is 0.513. The van der Waals surface area contributed by atoms with Crippen LogP contribution in [0.15, 0.2) is 133 Å². The van der Waals surface area contributed by atoms with Crippen molar-refractivity contribution in [3.8, 4) is 22.8 Å². The largest absolute Gasteiger partial charge is 0.452 e. The molecule has 0 spiro atoms. The molecule has 1 N–H and O–H groups in total. The fourth-order valence-corrected chi connectivity index (χ4v) is 7.99. The Labute approximate surface area is 263 Å². The maximum Gasteiger partial charge on any atom is 0.452 e. The first-order valence-corrected chi connectivity index (χ1v) is 16.5. The zero-order valence-electron chi connectivity index (χ0n) is 24.3. The number of H-pyrrole nitrogens is 1. The van der Waals surface area contributed by atoms with Crippen LogP contribution >= 0.6 is 7.37 Å². The van der Waals surface area contributed by atoms with Gasteiger partial charge in [0.25, 0.3) is 0 Å². The molecule has 217 valence electrons. The van der Waals surface area contributed by atoms with Crippen LogP contribution in [0, 0.1) is 0 Å². The van der Waals surface area contributed by atoms with Crippen LogP contribution in [0.25, 0.3) is 66.9 Å². The summed E-state index contributed by atoms with van der Waals surface area (Å²) in [6.07, 6.45) is 0. The molecule has 5 aromatic carbocycles. The fourth-order valence-electron chi connectivity index (χ4n) is 6.09. The van der Waals surface area contributed by atoms with Gasteiger partial charge in [-0.1, -0.05) is 109 Å². The van der Waals surface area contributed by atoms with Gasteiger partial charge in [0.2, 0.25) is 7.37 Å². The Hall–Kier alpha value is -5.63. The van der Waals surface area contributed by atoms with Gasteiger partial charge in [-0.25, -0.2) is 19.9 Å². The van der Waals surface area contributed by atoms with E-state index in [1.165, 1.54) is 7.62 Å². The number of hydrogen-bond donors (Lipinski definition) is 1. The topological polar surface area (TPSA) is 98.6 Å². The third kappa shape index (κ3) is 4.17. The van der Waals surface area contributed by atoms with Crippen LogP contribution in [0.2, 0.25) is 0 Å². The average molecular weight is 613 g/mol. The number of aromatic nitrogens is 6. The fraction of sp³-hybridized carbons (Fsp3) is 0. The molecule has 46 heavy (non-hydrogen) atoms. The maximum absolute atomic E-state index is 14.9. The van der Waals surface area contributed by atoms with E-state index in [-0.39, 0.29) is 0 Å². The Morgan fingerprint density at radius 3 is 1.57 bits per heavy atom. The summed E-state index contributed by atoms with van der Waals surface area (Å²) in [6, 6.07) is 42.4. The minimum absolute atomic E-state index is 0.518. The number of aromatic amines is 1. The summed E-state index contributed by atoms with van der Waals surface area (Å²) < 4.78 is 23.2. The lowest BCUT2D eigenvalue weighted by Crippen LogP contribution is -2.22. The van der Waals surface area contributed by atoms with Gasteiger partial charge in [-0.3, -0.25) is 4.57 Å². The van der Waals surface area contributed by atoms with Crippen molar-refractivity contribution in [3.63, 3.8) is 0 Å². The third-order valence-electron chi connectivity index (χ3n) is 8.30. The lowest BCUT2D eigenvalue weighted by Gasteiger charge is -2.19. The van der Waals surface area contributed by atoms with E-state index < -0.39 is 7.37 Å². The van der Waals surface area contributed by atoms with E-state index in [2.05, 4.69) is 4.98 Å². The quantitative estimate of drug-likeness (QED) is 0.164. The number of fused-ring (bicyclic) bond motifs is 15. The number of nitrogens with zero attached hydrogens (tertiary/aromatic N) is 5. The SMILES string of the molecule is O=P(O[B]n1c2nc3nc(nc4[nH]c(nc1c1ccccc12)c1ccccc41)-c1ccccc1-3)(c1ccccc1)c1ccccc1. The number of hydrogen-bond acceptors (Lipinski definition) is 6. The summed E-state index contributed by atoms with van der Waals surface area (Å²) in [5, 5.41) is 4.68. The van der Waals surface area contributed by atoms with Crippen molar-refractivity contribution >= 4 is 69.7 Å². The van der Waals surface area contributed by atoms with Crippen LogP contribution in [-0.4, -0.2) is 37.0 Å². The Balaban J connectivity index is 1.38. The van der Waals surface area contributed by atoms with Gasteiger partial charge in [-0.15, -0.1) is 0 Å². The van der Waals surface area contributed by atoms with E-state index in [1.807, 2.05) is 133 Å². The van der Waals surface area contributed by atoms with Crippen LogP contribution in [0.5, 0.6) is 0 Å². The standard InChI is InChI=1S/C36H23BN6O2P/c44-46(23-13-3-1-4-14-23,24-15-5-2-6-16-24)45-37-43-35-29-21-11-12-22-30(29)36(43)42-34-28-20-10-8-18-26(28)32(40-34)38-31-25-17-7-9-19-27(25)33(39-31)41-35/h1-22H,(H,38,39,40,41,42).